The summed E-state index contributed by atoms with van der Waals surface area (Å²) in [5.74, 6) is 0. The van der Waals surface area contributed by atoms with Gasteiger partial charge in [0.05, 0.1) is 5.56 Å². The molecule has 0 bridgehead atoms. The lowest BCUT2D eigenvalue weighted by Gasteiger charge is -2.16. The third-order valence-corrected chi connectivity index (χ3v) is 3.53. The molecule has 0 aromatic heterocycles. The molecule has 1 atom stereocenters. The fourth-order valence-electron chi connectivity index (χ4n) is 2.07. The third-order valence-electron chi connectivity index (χ3n) is 3.09. The average Bonchev–Trinajstić information content (AvgIpc) is 2.35. The first-order chi connectivity index (χ1) is 9.68. The summed E-state index contributed by atoms with van der Waals surface area (Å²) in [6.07, 6.45) is -5.50. The number of aryl methyl sites for hydroxylation is 1. The summed E-state index contributed by atoms with van der Waals surface area (Å²) in [7, 11) is 0. The Morgan fingerprint density at radius 1 is 1.00 bits per heavy atom. The second-order valence-electron chi connectivity index (χ2n) is 4.67. The smallest absolute Gasteiger partial charge is 0.384 e. The van der Waals surface area contributed by atoms with Gasteiger partial charge in [0.15, 0.2) is 0 Å². The van der Waals surface area contributed by atoms with Gasteiger partial charge in [0.1, 0.15) is 6.10 Å². The fourth-order valence-corrected chi connectivity index (χ4v) is 2.61. The van der Waals surface area contributed by atoms with Crippen LogP contribution >= 0.6 is 23.2 Å². The molecule has 2 aromatic carbocycles. The first kappa shape index (κ1) is 16.1. The van der Waals surface area contributed by atoms with Crippen LogP contribution < -0.4 is 0 Å². The molecule has 0 aliphatic heterocycles. The molecule has 0 fully saturated rings. The van der Waals surface area contributed by atoms with Gasteiger partial charge in [-0.1, -0.05) is 29.3 Å². The minimum Gasteiger partial charge on any atom is -0.384 e. The predicted octanol–water partition coefficient (Wildman–Crippen LogP) is 5.40. The molecule has 0 radical (unpaired) electrons. The zero-order valence-electron chi connectivity index (χ0n) is 10.9. The number of hydrogen-bond acceptors (Lipinski definition) is 1. The predicted molar refractivity (Wildman–Crippen MR) is 76.7 cm³/mol. The minimum absolute atomic E-state index is 0.341. The molecule has 0 amide bonds. The first-order valence-corrected chi connectivity index (χ1v) is 6.76. The van der Waals surface area contributed by atoms with E-state index in [-0.39, 0.29) is 0 Å². The highest BCUT2D eigenvalue weighted by Crippen LogP contribution is 2.34. The number of alkyl halides is 3. The van der Waals surface area contributed by atoms with Gasteiger partial charge in [0.2, 0.25) is 0 Å². The lowest BCUT2D eigenvalue weighted by atomic mass is 9.96. The summed E-state index contributed by atoms with van der Waals surface area (Å²) in [4.78, 5) is 0. The van der Waals surface area contributed by atoms with E-state index in [0.29, 0.717) is 26.7 Å². The summed E-state index contributed by atoms with van der Waals surface area (Å²) in [5, 5.41) is 11.0. The second kappa shape index (κ2) is 5.87. The lowest BCUT2D eigenvalue weighted by molar-refractivity contribution is -0.137. The third kappa shape index (κ3) is 3.70. The van der Waals surface area contributed by atoms with E-state index in [9.17, 15) is 18.3 Å². The maximum Gasteiger partial charge on any atom is 0.416 e. The SMILES string of the molecule is Cc1cc(C(F)(F)F)ccc1C(O)c1cc(Cl)cc(Cl)c1. The van der Waals surface area contributed by atoms with Gasteiger partial charge in [-0.25, -0.2) is 0 Å². The van der Waals surface area contributed by atoms with E-state index in [1.54, 1.807) is 0 Å². The van der Waals surface area contributed by atoms with E-state index in [4.69, 9.17) is 23.2 Å². The highest BCUT2D eigenvalue weighted by atomic mass is 35.5. The van der Waals surface area contributed by atoms with E-state index < -0.39 is 17.8 Å². The topological polar surface area (TPSA) is 20.2 Å². The van der Waals surface area contributed by atoms with Crippen LogP contribution in [-0.4, -0.2) is 5.11 Å². The van der Waals surface area contributed by atoms with Gasteiger partial charge in [0.25, 0.3) is 0 Å². The van der Waals surface area contributed by atoms with Crippen molar-refractivity contribution >= 4 is 23.2 Å². The Morgan fingerprint density at radius 2 is 1.57 bits per heavy atom. The minimum atomic E-state index is -4.41. The summed E-state index contributed by atoms with van der Waals surface area (Å²) < 4.78 is 37.9. The molecular weight excluding hydrogens is 324 g/mol. The van der Waals surface area contributed by atoms with Crippen LogP contribution in [-0.2, 0) is 6.18 Å². The van der Waals surface area contributed by atoms with Crippen LogP contribution in [0.25, 0.3) is 0 Å². The van der Waals surface area contributed by atoms with E-state index >= 15 is 0 Å². The lowest BCUT2D eigenvalue weighted by Crippen LogP contribution is -2.08. The molecule has 6 heteroatoms. The normalized spacial score (nSPS) is 13.3. The van der Waals surface area contributed by atoms with Gasteiger partial charge >= 0.3 is 6.18 Å². The van der Waals surface area contributed by atoms with Crippen molar-refractivity contribution in [3.63, 3.8) is 0 Å². The number of aliphatic hydroxyl groups is 1. The number of halogens is 5. The van der Waals surface area contributed by atoms with Gasteiger partial charge in [-0.15, -0.1) is 0 Å². The molecule has 1 unspecified atom stereocenters. The van der Waals surface area contributed by atoms with Crippen molar-refractivity contribution in [3.05, 3.63) is 68.7 Å². The summed E-state index contributed by atoms with van der Waals surface area (Å²) in [6, 6.07) is 7.77. The standard InChI is InChI=1S/C15H11Cl2F3O/c1-8-4-10(15(18,19)20)2-3-13(8)14(21)9-5-11(16)7-12(17)6-9/h2-7,14,21H,1H3. The largest absolute Gasteiger partial charge is 0.416 e. The zero-order chi connectivity index (χ0) is 15.8. The van der Waals surface area contributed by atoms with E-state index in [0.717, 1.165) is 12.1 Å². The molecule has 2 rings (SSSR count). The highest BCUT2D eigenvalue weighted by Gasteiger charge is 2.31. The van der Waals surface area contributed by atoms with Crippen LogP contribution in [0.3, 0.4) is 0 Å². The number of rotatable bonds is 2. The van der Waals surface area contributed by atoms with Crippen LogP contribution in [0.2, 0.25) is 10.0 Å². The first-order valence-electron chi connectivity index (χ1n) is 6.00. The zero-order valence-corrected chi connectivity index (χ0v) is 12.4. The van der Waals surface area contributed by atoms with Crippen LogP contribution in [0, 0.1) is 6.92 Å². The Labute approximate surface area is 129 Å². The molecule has 1 N–H and O–H groups in total. The van der Waals surface area contributed by atoms with Crippen molar-refractivity contribution in [1.29, 1.82) is 0 Å². The molecule has 0 saturated heterocycles. The van der Waals surface area contributed by atoms with E-state index in [1.807, 2.05) is 0 Å². The van der Waals surface area contributed by atoms with Crippen LogP contribution in [0.1, 0.15) is 28.4 Å². The van der Waals surface area contributed by atoms with E-state index in [1.165, 1.54) is 31.2 Å². The molecule has 0 spiro atoms. The Bertz CT molecular complexity index is 648. The number of hydrogen-bond donors (Lipinski definition) is 1. The second-order valence-corrected chi connectivity index (χ2v) is 5.55. The Balaban J connectivity index is 2.42. The molecule has 0 heterocycles. The van der Waals surface area contributed by atoms with Crippen LogP contribution in [0.15, 0.2) is 36.4 Å². The summed E-state index contributed by atoms with van der Waals surface area (Å²) in [6.45, 7) is 1.51. The number of aliphatic hydroxyl groups excluding tert-OH is 1. The molecule has 112 valence electrons. The van der Waals surface area contributed by atoms with Crippen molar-refractivity contribution in [2.24, 2.45) is 0 Å². The summed E-state index contributed by atoms with van der Waals surface area (Å²) >= 11 is 11.7. The summed E-state index contributed by atoms with van der Waals surface area (Å²) in [5.41, 5.74) is 0.394. The van der Waals surface area contributed by atoms with Crippen molar-refractivity contribution in [3.8, 4) is 0 Å². The Kier molecular flexibility index (Phi) is 4.51. The van der Waals surface area contributed by atoms with Gasteiger partial charge in [-0.05, 0) is 53.9 Å². The molecule has 0 aliphatic carbocycles. The van der Waals surface area contributed by atoms with Gasteiger partial charge in [-0.2, -0.15) is 13.2 Å². The Hall–Kier alpha value is -1.23. The number of benzene rings is 2. The van der Waals surface area contributed by atoms with Crippen LogP contribution in [0.4, 0.5) is 13.2 Å². The molecule has 0 aliphatic rings. The monoisotopic (exact) mass is 334 g/mol. The highest BCUT2D eigenvalue weighted by molar-refractivity contribution is 6.34. The molecule has 21 heavy (non-hydrogen) atoms. The van der Waals surface area contributed by atoms with Gasteiger partial charge in [0, 0.05) is 10.0 Å². The van der Waals surface area contributed by atoms with Crippen molar-refractivity contribution in [2.45, 2.75) is 19.2 Å². The fraction of sp³-hybridized carbons (Fsp3) is 0.200. The molecule has 1 nitrogen and oxygen atoms in total. The molecular formula is C15H11Cl2F3O. The van der Waals surface area contributed by atoms with E-state index in [2.05, 4.69) is 0 Å². The Morgan fingerprint density at radius 3 is 2.05 bits per heavy atom. The van der Waals surface area contributed by atoms with Crippen molar-refractivity contribution < 1.29 is 18.3 Å². The molecule has 0 saturated carbocycles. The molecule has 2 aromatic rings. The maximum absolute atomic E-state index is 12.6. The quantitative estimate of drug-likeness (QED) is 0.779. The maximum atomic E-state index is 12.6. The van der Waals surface area contributed by atoms with Gasteiger partial charge < -0.3 is 5.11 Å². The van der Waals surface area contributed by atoms with Crippen molar-refractivity contribution in [2.75, 3.05) is 0 Å². The van der Waals surface area contributed by atoms with Gasteiger partial charge in [-0.3, -0.25) is 0 Å². The van der Waals surface area contributed by atoms with Crippen LogP contribution in [0.5, 0.6) is 0 Å². The van der Waals surface area contributed by atoms with Crippen molar-refractivity contribution in [1.82, 2.24) is 0 Å². The average molecular weight is 335 g/mol.